The summed E-state index contributed by atoms with van der Waals surface area (Å²) < 4.78 is 0. The Hall–Kier alpha value is -2.02. The number of hydrogen-bond acceptors (Lipinski definition) is 5. The fraction of sp³-hybridized carbons (Fsp3) is 0.385. The largest absolute Gasteiger partial charge is 0.331 e. The first-order valence-electron chi connectivity index (χ1n) is 6.53. The van der Waals surface area contributed by atoms with Crippen molar-refractivity contribution in [2.24, 2.45) is 0 Å². The molecule has 0 bridgehead atoms. The minimum Gasteiger partial charge on any atom is -0.331 e. The zero-order chi connectivity index (χ0) is 13.9. The third-order valence-electron chi connectivity index (χ3n) is 3.12. The Labute approximate surface area is 120 Å². The number of carbonyl (C=O) groups is 1. The molecule has 1 atom stereocenters. The lowest BCUT2D eigenvalue weighted by Crippen LogP contribution is -2.31. The Balaban J connectivity index is 1.56. The molecule has 3 rings (SSSR count). The lowest BCUT2D eigenvalue weighted by atomic mass is 10.1. The number of nitrogens with one attached hydrogen (secondary N) is 2. The monoisotopic (exact) mass is 289 g/mol. The van der Waals surface area contributed by atoms with Crippen LogP contribution in [0.25, 0.3) is 0 Å². The van der Waals surface area contributed by atoms with Gasteiger partial charge in [-0.1, -0.05) is 17.4 Å². The van der Waals surface area contributed by atoms with E-state index in [1.165, 1.54) is 24.2 Å². The highest BCUT2D eigenvalue weighted by atomic mass is 32.1. The maximum Gasteiger partial charge on any atom is 0.321 e. The molecule has 20 heavy (non-hydrogen) atoms. The number of rotatable bonds is 4. The van der Waals surface area contributed by atoms with Gasteiger partial charge in [0.25, 0.3) is 0 Å². The lowest BCUT2D eigenvalue weighted by molar-refractivity contribution is 0.249. The summed E-state index contributed by atoms with van der Waals surface area (Å²) in [7, 11) is 0. The van der Waals surface area contributed by atoms with E-state index in [-0.39, 0.29) is 12.1 Å². The zero-order valence-corrected chi connectivity index (χ0v) is 11.9. The Kier molecular flexibility index (Phi) is 3.60. The smallest absolute Gasteiger partial charge is 0.321 e. The summed E-state index contributed by atoms with van der Waals surface area (Å²) in [5.74, 6) is 0.556. The van der Waals surface area contributed by atoms with Crippen molar-refractivity contribution >= 4 is 22.5 Å². The van der Waals surface area contributed by atoms with Gasteiger partial charge in [0, 0.05) is 18.3 Å². The van der Waals surface area contributed by atoms with Crippen LogP contribution in [-0.2, 0) is 0 Å². The van der Waals surface area contributed by atoms with Crippen LogP contribution in [0.4, 0.5) is 9.93 Å². The highest BCUT2D eigenvalue weighted by Crippen LogP contribution is 2.41. The van der Waals surface area contributed by atoms with Gasteiger partial charge in [-0.15, -0.1) is 10.2 Å². The topological polar surface area (TPSA) is 79.8 Å². The highest BCUT2D eigenvalue weighted by molar-refractivity contribution is 7.15. The van der Waals surface area contributed by atoms with E-state index in [1.807, 2.05) is 19.1 Å². The molecule has 2 aromatic rings. The normalized spacial score (nSPS) is 15.7. The predicted octanol–water partition coefficient (Wildman–Crippen LogP) is 2.69. The number of pyridine rings is 1. The highest BCUT2D eigenvalue weighted by Gasteiger charge is 2.27. The number of urea groups is 1. The second-order valence-corrected chi connectivity index (χ2v) is 5.84. The zero-order valence-electron chi connectivity index (χ0n) is 11.0. The van der Waals surface area contributed by atoms with Gasteiger partial charge in [-0.25, -0.2) is 4.79 Å². The molecule has 0 saturated heterocycles. The number of hydrogen-bond donors (Lipinski definition) is 2. The molecule has 0 spiro atoms. The molecule has 104 valence electrons. The minimum atomic E-state index is -0.278. The average Bonchev–Trinajstić information content (AvgIpc) is 3.20. The fourth-order valence-corrected chi connectivity index (χ4v) is 2.73. The maximum absolute atomic E-state index is 11.9. The molecular weight excluding hydrogens is 274 g/mol. The van der Waals surface area contributed by atoms with Crippen molar-refractivity contribution in [2.45, 2.75) is 31.7 Å². The minimum absolute atomic E-state index is 0.112. The molecule has 1 aliphatic rings. The van der Waals surface area contributed by atoms with E-state index in [2.05, 4.69) is 25.8 Å². The molecule has 2 aromatic heterocycles. The summed E-state index contributed by atoms with van der Waals surface area (Å²) in [6.07, 6.45) is 5.80. The van der Waals surface area contributed by atoms with Crippen LogP contribution >= 0.6 is 11.3 Å². The van der Waals surface area contributed by atoms with Crippen molar-refractivity contribution < 1.29 is 4.79 Å². The van der Waals surface area contributed by atoms with E-state index in [9.17, 15) is 4.79 Å². The maximum atomic E-state index is 11.9. The summed E-state index contributed by atoms with van der Waals surface area (Å²) >= 11 is 1.45. The number of nitrogens with zero attached hydrogens (tertiary/aromatic N) is 3. The molecule has 7 heteroatoms. The molecule has 0 aliphatic heterocycles. The molecule has 1 fully saturated rings. The second-order valence-electron chi connectivity index (χ2n) is 4.83. The average molecular weight is 289 g/mol. The molecule has 1 saturated carbocycles. The van der Waals surface area contributed by atoms with Crippen molar-refractivity contribution in [1.82, 2.24) is 20.5 Å². The number of aromatic nitrogens is 3. The van der Waals surface area contributed by atoms with E-state index >= 15 is 0 Å². The first-order chi connectivity index (χ1) is 9.72. The molecule has 2 heterocycles. The van der Waals surface area contributed by atoms with Gasteiger partial charge in [-0.05, 0) is 31.4 Å². The molecule has 6 nitrogen and oxygen atoms in total. The molecular formula is C13H15N5OS. The second kappa shape index (κ2) is 5.54. The van der Waals surface area contributed by atoms with Crippen LogP contribution in [0.3, 0.4) is 0 Å². The first kappa shape index (κ1) is 13.0. The summed E-state index contributed by atoms with van der Waals surface area (Å²) in [5.41, 5.74) is 0.957. The quantitative estimate of drug-likeness (QED) is 0.907. The van der Waals surface area contributed by atoms with E-state index in [1.54, 1.807) is 12.4 Å². The van der Waals surface area contributed by atoms with E-state index in [0.29, 0.717) is 11.0 Å². The summed E-state index contributed by atoms with van der Waals surface area (Å²) in [4.78, 5) is 15.9. The molecule has 2 N–H and O–H groups in total. The van der Waals surface area contributed by atoms with Gasteiger partial charge < -0.3 is 5.32 Å². The van der Waals surface area contributed by atoms with Crippen LogP contribution in [0, 0.1) is 0 Å². The van der Waals surface area contributed by atoms with E-state index < -0.39 is 0 Å². The van der Waals surface area contributed by atoms with Gasteiger partial charge in [0.05, 0.1) is 6.04 Å². The standard InChI is InChI=1S/C13H15N5OS/c1-8(10-3-2-6-14-7-10)15-12(19)16-13-18-17-11(20-13)9-4-5-9/h2-3,6-9H,4-5H2,1H3,(H2,15,16,18,19)/t8-/m1/s1. The predicted molar refractivity (Wildman–Crippen MR) is 76.7 cm³/mol. The van der Waals surface area contributed by atoms with Gasteiger partial charge >= 0.3 is 6.03 Å². The number of carbonyl (C=O) groups excluding carboxylic acids is 1. The van der Waals surface area contributed by atoms with Gasteiger partial charge in [-0.2, -0.15) is 0 Å². The van der Waals surface area contributed by atoms with E-state index in [4.69, 9.17) is 0 Å². The van der Waals surface area contributed by atoms with Crippen LogP contribution < -0.4 is 10.6 Å². The summed E-state index contributed by atoms with van der Waals surface area (Å²) in [5, 5.41) is 15.2. The van der Waals surface area contributed by atoms with Crippen molar-refractivity contribution in [2.75, 3.05) is 5.32 Å². The van der Waals surface area contributed by atoms with Gasteiger partial charge in [0.2, 0.25) is 5.13 Å². The van der Waals surface area contributed by atoms with Crippen LogP contribution in [0.15, 0.2) is 24.5 Å². The van der Waals surface area contributed by atoms with Crippen LogP contribution in [0.2, 0.25) is 0 Å². The molecule has 1 aliphatic carbocycles. The SMILES string of the molecule is C[C@@H](NC(=O)Nc1nnc(C2CC2)s1)c1cccnc1. The van der Waals surface area contributed by atoms with Crippen LogP contribution in [0.5, 0.6) is 0 Å². The Morgan fingerprint density at radius 2 is 2.30 bits per heavy atom. The van der Waals surface area contributed by atoms with Crippen molar-refractivity contribution in [3.8, 4) is 0 Å². The van der Waals surface area contributed by atoms with Crippen molar-refractivity contribution in [3.63, 3.8) is 0 Å². The number of anilines is 1. The Bertz CT molecular complexity index is 596. The van der Waals surface area contributed by atoms with Crippen molar-refractivity contribution in [1.29, 1.82) is 0 Å². The van der Waals surface area contributed by atoms with Crippen LogP contribution in [-0.4, -0.2) is 21.2 Å². The fourth-order valence-electron chi connectivity index (χ4n) is 1.83. The van der Waals surface area contributed by atoms with Gasteiger partial charge in [-0.3, -0.25) is 10.3 Å². The molecule has 0 unspecified atom stereocenters. The van der Waals surface area contributed by atoms with Gasteiger partial charge in [0.1, 0.15) is 5.01 Å². The Morgan fingerprint density at radius 1 is 1.45 bits per heavy atom. The molecule has 0 aromatic carbocycles. The third kappa shape index (κ3) is 3.11. The van der Waals surface area contributed by atoms with E-state index in [0.717, 1.165) is 10.6 Å². The summed E-state index contributed by atoms with van der Waals surface area (Å²) in [6, 6.07) is 3.38. The first-order valence-corrected chi connectivity index (χ1v) is 7.35. The molecule has 0 radical (unpaired) electrons. The Morgan fingerprint density at radius 3 is 3.00 bits per heavy atom. The lowest BCUT2D eigenvalue weighted by Gasteiger charge is -2.13. The van der Waals surface area contributed by atoms with Gasteiger partial charge in [0.15, 0.2) is 0 Å². The number of amides is 2. The summed E-state index contributed by atoms with van der Waals surface area (Å²) in [6.45, 7) is 1.91. The molecule has 2 amide bonds. The van der Waals surface area contributed by atoms with Crippen LogP contribution in [0.1, 0.15) is 42.3 Å². The third-order valence-corrected chi connectivity index (χ3v) is 4.12. The van der Waals surface area contributed by atoms with Crippen molar-refractivity contribution in [3.05, 3.63) is 35.1 Å².